The first-order chi connectivity index (χ1) is 16.0. The van der Waals surface area contributed by atoms with Gasteiger partial charge in [0.2, 0.25) is 5.88 Å². The van der Waals surface area contributed by atoms with E-state index in [0.717, 1.165) is 41.4 Å². The first-order valence-electron chi connectivity index (χ1n) is 11.9. The van der Waals surface area contributed by atoms with Crippen LogP contribution in [0.3, 0.4) is 0 Å². The van der Waals surface area contributed by atoms with Gasteiger partial charge in [0, 0.05) is 25.7 Å². The van der Waals surface area contributed by atoms with Crippen molar-refractivity contribution < 1.29 is 14.6 Å². The molecular formula is C27H35N3O3. The summed E-state index contributed by atoms with van der Waals surface area (Å²) in [5.41, 5.74) is 2.93. The summed E-state index contributed by atoms with van der Waals surface area (Å²) in [7, 11) is 0. The molecule has 1 heterocycles. The number of aromatic nitrogens is 2. The van der Waals surface area contributed by atoms with E-state index in [4.69, 9.17) is 14.6 Å². The molecule has 0 amide bonds. The van der Waals surface area contributed by atoms with Crippen LogP contribution in [0.2, 0.25) is 0 Å². The molecule has 1 aliphatic carbocycles. The fourth-order valence-electron chi connectivity index (χ4n) is 3.92. The Morgan fingerprint density at radius 1 is 1.03 bits per heavy atom. The van der Waals surface area contributed by atoms with Crippen LogP contribution in [0.4, 0.5) is 0 Å². The molecule has 6 nitrogen and oxygen atoms in total. The van der Waals surface area contributed by atoms with Gasteiger partial charge in [-0.2, -0.15) is 5.10 Å². The second-order valence-corrected chi connectivity index (χ2v) is 9.28. The first-order valence-corrected chi connectivity index (χ1v) is 11.9. The Morgan fingerprint density at radius 2 is 1.70 bits per heavy atom. The van der Waals surface area contributed by atoms with Gasteiger partial charge in [0.1, 0.15) is 5.75 Å². The lowest BCUT2D eigenvalue weighted by atomic mass is 10.2. The molecule has 0 spiro atoms. The van der Waals surface area contributed by atoms with E-state index < -0.39 is 6.10 Å². The van der Waals surface area contributed by atoms with E-state index in [9.17, 15) is 5.11 Å². The van der Waals surface area contributed by atoms with E-state index in [1.807, 2.05) is 72.3 Å². The molecule has 33 heavy (non-hydrogen) atoms. The molecule has 1 saturated carbocycles. The fraction of sp³-hybridized carbons (Fsp3) is 0.444. The summed E-state index contributed by atoms with van der Waals surface area (Å²) in [5, 5.41) is 15.5. The van der Waals surface area contributed by atoms with Crippen LogP contribution in [-0.4, -0.2) is 51.7 Å². The van der Waals surface area contributed by atoms with Crippen molar-refractivity contribution >= 4 is 0 Å². The van der Waals surface area contributed by atoms with Crippen molar-refractivity contribution in [1.82, 2.24) is 14.7 Å². The number of hydrogen-bond donors (Lipinski definition) is 1. The van der Waals surface area contributed by atoms with Gasteiger partial charge in [0.15, 0.2) is 0 Å². The molecule has 0 radical (unpaired) electrons. The van der Waals surface area contributed by atoms with Crippen molar-refractivity contribution in [3.8, 4) is 17.3 Å². The van der Waals surface area contributed by atoms with Crippen molar-refractivity contribution in [2.45, 2.75) is 52.3 Å². The van der Waals surface area contributed by atoms with Gasteiger partial charge < -0.3 is 14.6 Å². The monoisotopic (exact) mass is 449 g/mol. The van der Waals surface area contributed by atoms with E-state index in [2.05, 4.69) is 18.7 Å². The van der Waals surface area contributed by atoms with Gasteiger partial charge in [0.25, 0.3) is 0 Å². The van der Waals surface area contributed by atoms with Gasteiger partial charge in [-0.1, -0.05) is 50.2 Å². The molecule has 0 unspecified atom stereocenters. The van der Waals surface area contributed by atoms with Gasteiger partial charge in [0.05, 0.1) is 29.7 Å². The lowest BCUT2D eigenvalue weighted by Crippen LogP contribution is -2.36. The maximum Gasteiger partial charge on any atom is 0.227 e. The predicted octanol–water partition coefficient (Wildman–Crippen LogP) is 4.97. The van der Waals surface area contributed by atoms with Crippen LogP contribution in [0, 0.1) is 12.8 Å². The summed E-state index contributed by atoms with van der Waals surface area (Å²) in [6.07, 6.45) is 1.79. The lowest BCUT2D eigenvalue weighted by molar-refractivity contribution is 0.00536. The summed E-state index contributed by atoms with van der Waals surface area (Å²) in [6.45, 7) is 8.53. The Morgan fingerprint density at radius 3 is 2.33 bits per heavy atom. The largest absolute Gasteiger partial charge is 0.439 e. The molecule has 1 N–H and O–H groups in total. The summed E-state index contributed by atoms with van der Waals surface area (Å²) >= 11 is 0. The van der Waals surface area contributed by atoms with E-state index in [1.165, 1.54) is 0 Å². The predicted molar refractivity (Wildman–Crippen MR) is 130 cm³/mol. The zero-order valence-corrected chi connectivity index (χ0v) is 19.9. The van der Waals surface area contributed by atoms with Crippen molar-refractivity contribution in [3.05, 3.63) is 71.9 Å². The fourth-order valence-corrected chi connectivity index (χ4v) is 3.92. The third-order valence-corrected chi connectivity index (χ3v) is 5.73. The third kappa shape index (κ3) is 6.44. The maximum atomic E-state index is 10.6. The number of benzene rings is 2. The highest BCUT2D eigenvalue weighted by Crippen LogP contribution is 2.35. The van der Waals surface area contributed by atoms with Crippen LogP contribution in [0.5, 0.6) is 11.6 Å². The summed E-state index contributed by atoms with van der Waals surface area (Å²) in [4.78, 5) is 2.35. The molecule has 176 valence electrons. The Kier molecular flexibility index (Phi) is 7.81. The average Bonchev–Trinajstić information content (AvgIpc) is 3.61. The van der Waals surface area contributed by atoms with Gasteiger partial charge in [-0.15, -0.1) is 0 Å². The Bertz CT molecular complexity index is 1000. The van der Waals surface area contributed by atoms with E-state index in [1.54, 1.807) is 0 Å². The average molecular weight is 450 g/mol. The minimum absolute atomic E-state index is 0.358. The van der Waals surface area contributed by atoms with Crippen LogP contribution in [-0.2, 0) is 11.3 Å². The van der Waals surface area contributed by atoms with Crippen molar-refractivity contribution in [2.24, 2.45) is 5.92 Å². The van der Waals surface area contributed by atoms with E-state index in [0.29, 0.717) is 38.3 Å². The molecule has 1 aliphatic rings. The highest BCUT2D eigenvalue weighted by Gasteiger charge is 2.32. The molecule has 1 atom stereocenters. The van der Waals surface area contributed by atoms with Crippen molar-refractivity contribution in [2.75, 3.05) is 19.8 Å². The minimum Gasteiger partial charge on any atom is -0.439 e. The number of hydrogen-bond acceptors (Lipinski definition) is 5. The number of rotatable bonds is 12. The normalized spacial score (nSPS) is 14.7. The molecule has 4 rings (SSSR count). The molecule has 0 bridgehead atoms. The van der Waals surface area contributed by atoms with E-state index in [-0.39, 0.29) is 0 Å². The zero-order chi connectivity index (χ0) is 23.2. The molecule has 2 aromatic carbocycles. The molecule has 0 saturated heterocycles. The second-order valence-electron chi connectivity index (χ2n) is 9.28. The van der Waals surface area contributed by atoms with Crippen molar-refractivity contribution in [1.29, 1.82) is 0 Å². The standard InChI is InChI=1S/C27H35N3O3/c1-20(2)18-32-19-24(31)16-29(22-14-15-22)17-26-21(3)28-30(23-10-6-4-7-11-23)27(26)33-25-12-8-5-9-13-25/h4-13,20,22,24,31H,14-19H2,1-3H3/t24-/m0/s1. The number of nitrogens with zero attached hydrogens (tertiary/aromatic N) is 3. The lowest BCUT2D eigenvalue weighted by Gasteiger charge is -2.25. The molecule has 0 aliphatic heterocycles. The summed E-state index contributed by atoms with van der Waals surface area (Å²) in [5.74, 6) is 1.96. The van der Waals surface area contributed by atoms with Gasteiger partial charge in [-0.05, 0) is 49.9 Å². The van der Waals surface area contributed by atoms with Crippen LogP contribution >= 0.6 is 0 Å². The number of para-hydroxylation sites is 2. The highest BCUT2D eigenvalue weighted by atomic mass is 16.5. The van der Waals surface area contributed by atoms with Crippen LogP contribution < -0.4 is 4.74 Å². The summed E-state index contributed by atoms with van der Waals surface area (Å²) in [6, 6.07) is 20.4. The quantitative estimate of drug-likeness (QED) is 0.423. The maximum absolute atomic E-state index is 10.6. The SMILES string of the molecule is Cc1nn(-c2ccccc2)c(Oc2ccccc2)c1CN(C[C@H](O)COCC(C)C)C1CC1. The van der Waals surface area contributed by atoms with E-state index >= 15 is 0 Å². The van der Waals surface area contributed by atoms with Crippen molar-refractivity contribution in [3.63, 3.8) is 0 Å². The molecule has 1 fully saturated rings. The van der Waals surface area contributed by atoms with Gasteiger partial charge >= 0.3 is 0 Å². The molecule has 6 heteroatoms. The molecule has 3 aromatic rings. The smallest absolute Gasteiger partial charge is 0.227 e. The summed E-state index contributed by atoms with van der Waals surface area (Å²) < 4.78 is 14.0. The second kappa shape index (κ2) is 11.0. The molecule has 1 aromatic heterocycles. The number of aliphatic hydroxyl groups is 1. The Hall–Kier alpha value is -2.67. The topological polar surface area (TPSA) is 59.8 Å². The first kappa shape index (κ1) is 23.5. The molecular weight excluding hydrogens is 414 g/mol. The minimum atomic E-state index is -0.521. The van der Waals surface area contributed by atoms with Gasteiger partial charge in [-0.25, -0.2) is 4.68 Å². The Labute approximate surface area is 196 Å². The van der Waals surface area contributed by atoms with Gasteiger partial charge in [-0.3, -0.25) is 4.90 Å². The Balaban J connectivity index is 1.58. The third-order valence-electron chi connectivity index (χ3n) is 5.73. The van der Waals surface area contributed by atoms with Crippen LogP contribution in [0.15, 0.2) is 60.7 Å². The number of ether oxygens (including phenoxy) is 2. The zero-order valence-electron chi connectivity index (χ0n) is 19.9. The number of aliphatic hydroxyl groups excluding tert-OH is 1. The van der Waals surface area contributed by atoms with Crippen LogP contribution in [0.1, 0.15) is 37.9 Å². The van der Waals surface area contributed by atoms with Crippen LogP contribution in [0.25, 0.3) is 5.69 Å². The number of aryl methyl sites for hydroxylation is 1. The highest BCUT2D eigenvalue weighted by molar-refractivity contribution is 5.43.